The van der Waals surface area contributed by atoms with E-state index in [1.807, 2.05) is 18.2 Å². The van der Waals surface area contributed by atoms with Gasteiger partial charge in [0.2, 0.25) is 0 Å². The number of benzene rings is 2. The summed E-state index contributed by atoms with van der Waals surface area (Å²) in [6, 6.07) is 15.2. The molecule has 1 aliphatic carbocycles. The largest absolute Gasteiger partial charge is 0.459 e. The second-order valence-corrected chi connectivity index (χ2v) is 7.98. The summed E-state index contributed by atoms with van der Waals surface area (Å²) in [5.41, 5.74) is 0.930. The van der Waals surface area contributed by atoms with Crippen LogP contribution in [0, 0.1) is 5.92 Å². The maximum absolute atomic E-state index is 12.6. The van der Waals surface area contributed by atoms with Crippen molar-refractivity contribution in [3.63, 3.8) is 0 Å². The first-order chi connectivity index (χ1) is 14.9. The minimum absolute atomic E-state index is 0.0248. The molecule has 0 bridgehead atoms. The summed E-state index contributed by atoms with van der Waals surface area (Å²) < 4.78 is 5.21. The van der Waals surface area contributed by atoms with E-state index >= 15 is 0 Å². The summed E-state index contributed by atoms with van der Waals surface area (Å²) in [7, 11) is 0. The lowest BCUT2D eigenvalue weighted by atomic mass is 9.96. The highest BCUT2D eigenvalue weighted by atomic mass is 16.5. The van der Waals surface area contributed by atoms with E-state index in [2.05, 4.69) is 10.6 Å². The molecular formula is C23H23N3O5. The number of imide groups is 1. The highest BCUT2D eigenvalue weighted by molar-refractivity contribution is 6.08. The molecule has 4 amide bonds. The highest BCUT2D eigenvalue weighted by Crippen LogP contribution is 2.42. The minimum Gasteiger partial charge on any atom is -0.459 e. The molecule has 8 nitrogen and oxygen atoms in total. The van der Waals surface area contributed by atoms with Crippen molar-refractivity contribution >= 4 is 29.5 Å². The predicted molar refractivity (Wildman–Crippen MR) is 112 cm³/mol. The van der Waals surface area contributed by atoms with Crippen molar-refractivity contribution in [2.45, 2.75) is 31.9 Å². The van der Waals surface area contributed by atoms with E-state index in [9.17, 15) is 19.2 Å². The zero-order valence-corrected chi connectivity index (χ0v) is 17.1. The van der Waals surface area contributed by atoms with Gasteiger partial charge in [0.25, 0.3) is 11.8 Å². The molecule has 4 rings (SSSR count). The Morgan fingerprint density at radius 1 is 1.10 bits per heavy atom. The average molecular weight is 421 g/mol. The number of urea groups is 1. The average Bonchev–Trinajstić information content (AvgIpc) is 3.59. The van der Waals surface area contributed by atoms with Crippen molar-refractivity contribution in [2.75, 3.05) is 11.9 Å². The molecule has 1 aliphatic heterocycles. The van der Waals surface area contributed by atoms with Crippen LogP contribution in [0.15, 0.2) is 54.6 Å². The van der Waals surface area contributed by atoms with Crippen LogP contribution in [0.1, 0.15) is 35.7 Å². The van der Waals surface area contributed by atoms with Crippen molar-refractivity contribution in [2.24, 2.45) is 5.92 Å². The van der Waals surface area contributed by atoms with Crippen LogP contribution in [0.2, 0.25) is 0 Å². The van der Waals surface area contributed by atoms with Crippen LogP contribution in [0.25, 0.3) is 0 Å². The lowest BCUT2D eigenvalue weighted by molar-refractivity contribution is -0.148. The third kappa shape index (κ3) is 4.42. The number of hydrogen-bond acceptors (Lipinski definition) is 5. The maximum Gasteiger partial charge on any atom is 0.326 e. The number of anilines is 1. The summed E-state index contributed by atoms with van der Waals surface area (Å²) in [6.45, 7) is 1.25. The van der Waals surface area contributed by atoms with Gasteiger partial charge in [-0.05, 0) is 55.5 Å². The molecule has 0 radical (unpaired) electrons. The number of ether oxygens (including phenoxy) is 1. The zero-order valence-electron chi connectivity index (χ0n) is 17.1. The molecule has 1 saturated carbocycles. The fourth-order valence-corrected chi connectivity index (χ4v) is 3.61. The van der Waals surface area contributed by atoms with Crippen LogP contribution in [0.3, 0.4) is 0 Å². The first kappa shape index (κ1) is 20.6. The summed E-state index contributed by atoms with van der Waals surface area (Å²) in [6.07, 6.45) is 1.78. The van der Waals surface area contributed by atoms with Gasteiger partial charge in [0.15, 0.2) is 0 Å². The molecule has 160 valence electrons. The number of carbonyl (C=O) groups excluding carboxylic acids is 4. The third-order valence-electron chi connectivity index (χ3n) is 5.63. The Morgan fingerprint density at radius 3 is 2.42 bits per heavy atom. The number of rotatable bonds is 7. The second-order valence-electron chi connectivity index (χ2n) is 7.98. The van der Waals surface area contributed by atoms with Crippen molar-refractivity contribution in [1.82, 2.24) is 10.2 Å². The topological polar surface area (TPSA) is 105 Å². The Bertz CT molecular complexity index is 1020. The first-order valence-electron chi connectivity index (χ1n) is 10.1. The summed E-state index contributed by atoms with van der Waals surface area (Å²) >= 11 is 0. The van der Waals surface area contributed by atoms with E-state index in [0.717, 1.165) is 17.7 Å². The molecule has 0 spiro atoms. The number of nitrogens with zero attached hydrogens (tertiary/aromatic N) is 1. The molecule has 2 aliphatic rings. The van der Waals surface area contributed by atoms with Crippen LogP contribution in [0.5, 0.6) is 0 Å². The maximum atomic E-state index is 12.6. The summed E-state index contributed by atoms with van der Waals surface area (Å²) in [5.74, 6) is -1.17. The van der Waals surface area contributed by atoms with Gasteiger partial charge in [-0.1, -0.05) is 30.3 Å². The van der Waals surface area contributed by atoms with E-state index < -0.39 is 24.1 Å². The molecule has 0 aromatic heterocycles. The number of esters is 1. The molecule has 1 atom stereocenters. The minimum atomic E-state index is -0.923. The first-order valence-corrected chi connectivity index (χ1v) is 10.1. The zero-order chi connectivity index (χ0) is 22.0. The molecule has 2 fully saturated rings. The SMILES string of the molecule is C[C@]1(C2CC2)NC(=O)N(CC(=O)OCc2ccc(C(=O)Nc3ccccc3)cc2)C1=O. The molecule has 2 aromatic rings. The van der Waals surface area contributed by atoms with E-state index in [0.29, 0.717) is 16.8 Å². The predicted octanol–water partition coefficient (Wildman–Crippen LogP) is 2.70. The third-order valence-corrected chi connectivity index (χ3v) is 5.63. The van der Waals surface area contributed by atoms with Crippen LogP contribution in [-0.4, -0.2) is 40.8 Å². The van der Waals surface area contributed by atoms with Gasteiger partial charge in [-0.15, -0.1) is 0 Å². The lowest BCUT2D eigenvalue weighted by Crippen LogP contribution is -2.46. The number of hydrogen-bond donors (Lipinski definition) is 2. The van der Waals surface area contributed by atoms with Crippen molar-refractivity contribution < 1.29 is 23.9 Å². The standard InChI is InChI=1S/C23H23N3O5/c1-23(17-11-12-17)21(29)26(22(30)25-23)13-19(27)31-14-15-7-9-16(10-8-15)20(28)24-18-5-3-2-4-6-18/h2-10,17H,11-14H2,1H3,(H,24,28)(H,25,30)/t23-/m1/s1. The molecule has 1 saturated heterocycles. The molecule has 31 heavy (non-hydrogen) atoms. The molecule has 1 heterocycles. The highest BCUT2D eigenvalue weighted by Gasteiger charge is 2.56. The Balaban J connectivity index is 1.28. The quantitative estimate of drug-likeness (QED) is 0.528. The normalized spacial score (nSPS) is 20.4. The number of carbonyl (C=O) groups is 4. The second kappa shape index (κ2) is 8.22. The van der Waals surface area contributed by atoms with Crippen LogP contribution < -0.4 is 10.6 Å². The molecule has 8 heteroatoms. The Morgan fingerprint density at radius 2 is 1.77 bits per heavy atom. The van der Waals surface area contributed by atoms with Gasteiger partial charge in [-0.3, -0.25) is 19.3 Å². The summed E-state index contributed by atoms with van der Waals surface area (Å²) in [4.78, 5) is 50.1. The van der Waals surface area contributed by atoms with Crippen LogP contribution in [0.4, 0.5) is 10.5 Å². The van der Waals surface area contributed by atoms with E-state index in [-0.39, 0.29) is 24.3 Å². The Labute approximate surface area is 179 Å². The number of amides is 4. The molecule has 2 aromatic carbocycles. The van der Waals surface area contributed by atoms with Crippen LogP contribution >= 0.6 is 0 Å². The van der Waals surface area contributed by atoms with Crippen molar-refractivity contribution in [3.05, 3.63) is 65.7 Å². The summed E-state index contributed by atoms with van der Waals surface area (Å²) in [5, 5.41) is 5.49. The van der Waals surface area contributed by atoms with Gasteiger partial charge in [0, 0.05) is 11.3 Å². The number of nitrogens with one attached hydrogen (secondary N) is 2. The van der Waals surface area contributed by atoms with E-state index in [1.54, 1.807) is 43.3 Å². The molecule has 0 unspecified atom stereocenters. The Hall–Kier alpha value is -3.68. The lowest BCUT2D eigenvalue weighted by Gasteiger charge is -2.20. The van der Waals surface area contributed by atoms with Gasteiger partial charge >= 0.3 is 12.0 Å². The van der Waals surface area contributed by atoms with E-state index in [1.165, 1.54) is 0 Å². The fraction of sp³-hybridized carbons (Fsp3) is 0.304. The smallest absolute Gasteiger partial charge is 0.326 e. The van der Waals surface area contributed by atoms with Crippen molar-refractivity contribution in [1.29, 1.82) is 0 Å². The van der Waals surface area contributed by atoms with E-state index in [4.69, 9.17) is 4.74 Å². The monoisotopic (exact) mass is 421 g/mol. The fourth-order valence-electron chi connectivity index (χ4n) is 3.61. The van der Waals surface area contributed by atoms with Gasteiger partial charge in [0.05, 0.1) is 0 Å². The Kier molecular flexibility index (Phi) is 5.46. The number of para-hydroxylation sites is 1. The molecule has 2 N–H and O–H groups in total. The van der Waals surface area contributed by atoms with Gasteiger partial charge < -0.3 is 15.4 Å². The van der Waals surface area contributed by atoms with Crippen LogP contribution in [-0.2, 0) is 20.9 Å². The van der Waals surface area contributed by atoms with Gasteiger partial charge in [-0.25, -0.2) is 4.79 Å². The molecular weight excluding hydrogens is 398 g/mol. The van der Waals surface area contributed by atoms with Gasteiger partial charge in [-0.2, -0.15) is 0 Å². The van der Waals surface area contributed by atoms with Crippen molar-refractivity contribution in [3.8, 4) is 0 Å². The van der Waals surface area contributed by atoms with Gasteiger partial charge in [0.1, 0.15) is 18.7 Å².